The van der Waals surface area contributed by atoms with Crippen molar-refractivity contribution in [2.75, 3.05) is 25.5 Å². The number of nitrogens with zero attached hydrogens (tertiary/aromatic N) is 4. The molecule has 1 aliphatic rings. The molecule has 0 aliphatic carbocycles. The Balaban J connectivity index is 1.66. The molecule has 0 saturated carbocycles. The highest BCUT2D eigenvalue weighted by Crippen LogP contribution is 2.28. The molecule has 0 atom stereocenters. The maximum absolute atomic E-state index is 14.8. The van der Waals surface area contributed by atoms with Crippen LogP contribution in [-0.4, -0.2) is 53.4 Å². The fourth-order valence-electron chi connectivity index (χ4n) is 3.28. The van der Waals surface area contributed by atoms with Crippen molar-refractivity contribution in [3.05, 3.63) is 36.3 Å². The van der Waals surface area contributed by atoms with Crippen LogP contribution in [0, 0.1) is 6.92 Å². The number of fused-ring (bicyclic) bond motifs is 1. The Hall–Kier alpha value is -2.63. The topological polar surface area (TPSA) is 124 Å². The molecule has 154 valence electrons. The van der Waals surface area contributed by atoms with E-state index < -0.39 is 15.7 Å². The Morgan fingerprint density at radius 3 is 2.83 bits per heavy atom. The average molecular weight is 420 g/mol. The number of ether oxygens (including phenoxy) is 1. The summed E-state index contributed by atoms with van der Waals surface area (Å²) in [6.45, 7) is 2.13. The standard InChI is InChI=1S/C18H21FN6O3S/c1-12-2-3-13(29(26,27)24-10-18(19)4-6-28-7-5-18)8-14(12)15-9-21-17-16(20)22-11-23-25(15)17/h2-3,8-9,11,24H,4-7,10H2,1H3,(H2,20,22,23). The molecule has 3 heterocycles. The van der Waals surface area contributed by atoms with Gasteiger partial charge in [-0.15, -0.1) is 0 Å². The molecule has 0 spiro atoms. The van der Waals surface area contributed by atoms with E-state index in [2.05, 4.69) is 19.8 Å². The molecule has 1 aromatic carbocycles. The molecule has 2 aromatic heterocycles. The summed E-state index contributed by atoms with van der Waals surface area (Å²) >= 11 is 0. The van der Waals surface area contributed by atoms with E-state index in [1.54, 1.807) is 12.3 Å². The third-order valence-electron chi connectivity index (χ3n) is 5.09. The van der Waals surface area contributed by atoms with Gasteiger partial charge in [0.15, 0.2) is 11.5 Å². The van der Waals surface area contributed by atoms with Crippen molar-refractivity contribution in [2.45, 2.75) is 30.3 Å². The number of imidazole rings is 1. The van der Waals surface area contributed by atoms with Crippen LogP contribution in [0.3, 0.4) is 0 Å². The number of hydrogen-bond acceptors (Lipinski definition) is 7. The molecule has 0 unspecified atom stereocenters. The van der Waals surface area contributed by atoms with Gasteiger partial charge in [0, 0.05) is 38.2 Å². The van der Waals surface area contributed by atoms with Crippen LogP contribution in [-0.2, 0) is 14.8 Å². The van der Waals surface area contributed by atoms with Crippen LogP contribution < -0.4 is 10.5 Å². The number of nitrogens with one attached hydrogen (secondary N) is 1. The van der Waals surface area contributed by atoms with Gasteiger partial charge in [0.2, 0.25) is 10.0 Å². The molecule has 1 saturated heterocycles. The minimum Gasteiger partial charge on any atom is -0.381 e. The van der Waals surface area contributed by atoms with Gasteiger partial charge in [-0.2, -0.15) is 5.10 Å². The number of anilines is 1. The summed E-state index contributed by atoms with van der Waals surface area (Å²) in [4.78, 5) is 8.16. The summed E-state index contributed by atoms with van der Waals surface area (Å²) in [5, 5.41) is 4.15. The first-order valence-electron chi connectivity index (χ1n) is 9.11. The van der Waals surface area contributed by atoms with Crippen molar-refractivity contribution in [1.29, 1.82) is 0 Å². The maximum Gasteiger partial charge on any atom is 0.240 e. The Labute approximate surface area is 167 Å². The first-order valence-corrected chi connectivity index (χ1v) is 10.6. The number of alkyl halides is 1. The van der Waals surface area contributed by atoms with Crippen molar-refractivity contribution < 1.29 is 17.5 Å². The second-order valence-corrected chi connectivity index (χ2v) is 8.86. The number of rotatable bonds is 5. The first kappa shape index (κ1) is 19.7. The predicted octanol–water partition coefficient (Wildman–Crippen LogP) is 1.48. The van der Waals surface area contributed by atoms with E-state index in [9.17, 15) is 12.8 Å². The van der Waals surface area contributed by atoms with Crippen LogP contribution in [0.2, 0.25) is 0 Å². The minimum atomic E-state index is -3.91. The zero-order valence-electron chi connectivity index (χ0n) is 15.8. The molecule has 3 aromatic rings. The lowest BCUT2D eigenvalue weighted by Gasteiger charge is -2.29. The molecule has 9 nitrogen and oxygen atoms in total. The van der Waals surface area contributed by atoms with Gasteiger partial charge in [-0.05, 0) is 24.6 Å². The number of nitrogen functional groups attached to an aromatic ring is 1. The Kier molecular flexibility index (Phi) is 4.97. The molecule has 0 bridgehead atoms. The molecule has 4 rings (SSSR count). The van der Waals surface area contributed by atoms with Gasteiger partial charge < -0.3 is 10.5 Å². The average Bonchev–Trinajstić information content (AvgIpc) is 3.13. The SMILES string of the molecule is Cc1ccc(S(=O)(=O)NCC2(F)CCOCC2)cc1-c1cnc2c(N)ncnn12. The highest BCUT2D eigenvalue weighted by molar-refractivity contribution is 7.89. The van der Waals surface area contributed by atoms with Gasteiger partial charge in [-0.3, -0.25) is 0 Å². The Morgan fingerprint density at radius 2 is 2.07 bits per heavy atom. The van der Waals surface area contributed by atoms with Gasteiger partial charge in [0.05, 0.1) is 16.8 Å². The van der Waals surface area contributed by atoms with E-state index >= 15 is 0 Å². The zero-order chi connectivity index (χ0) is 20.6. The summed E-state index contributed by atoms with van der Waals surface area (Å²) in [6.07, 6.45) is 3.19. The van der Waals surface area contributed by atoms with E-state index in [0.717, 1.165) is 5.56 Å². The number of aryl methyl sites for hydroxylation is 1. The smallest absolute Gasteiger partial charge is 0.240 e. The highest BCUT2D eigenvalue weighted by Gasteiger charge is 2.34. The molecular formula is C18H21FN6O3S. The van der Waals surface area contributed by atoms with Crippen LogP contribution >= 0.6 is 0 Å². The molecule has 29 heavy (non-hydrogen) atoms. The molecule has 0 radical (unpaired) electrons. The molecular weight excluding hydrogens is 399 g/mol. The molecule has 11 heteroatoms. The van der Waals surface area contributed by atoms with Gasteiger partial charge in [-0.25, -0.2) is 32.0 Å². The van der Waals surface area contributed by atoms with Crippen molar-refractivity contribution in [3.8, 4) is 11.3 Å². The molecule has 0 amide bonds. The summed E-state index contributed by atoms with van der Waals surface area (Å²) in [5.74, 6) is 0.221. The largest absolute Gasteiger partial charge is 0.381 e. The van der Waals surface area contributed by atoms with Crippen molar-refractivity contribution in [2.24, 2.45) is 0 Å². The maximum atomic E-state index is 14.8. The molecule has 1 fully saturated rings. The van der Waals surface area contributed by atoms with E-state index in [0.29, 0.717) is 16.9 Å². The lowest BCUT2D eigenvalue weighted by molar-refractivity contribution is -0.00522. The summed E-state index contributed by atoms with van der Waals surface area (Å²) < 4.78 is 49.4. The van der Waals surface area contributed by atoms with E-state index in [4.69, 9.17) is 10.5 Å². The number of nitrogens with two attached hydrogens (primary N) is 1. The zero-order valence-corrected chi connectivity index (χ0v) is 16.6. The van der Waals surface area contributed by atoms with E-state index in [1.807, 2.05) is 6.92 Å². The quantitative estimate of drug-likeness (QED) is 0.640. The van der Waals surface area contributed by atoms with Crippen LogP contribution in [0.5, 0.6) is 0 Å². The van der Waals surface area contributed by atoms with Crippen molar-refractivity contribution >= 4 is 21.5 Å². The lowest BCUT2D eigenvalue weighted by Crippen LogP contribution is -2.43. The third-order valence-corrected chi connectivity index (χ3v) is 6.49. The van der Waals surface area contributed by atoms with Gasteiger partial charge in [0.1, 0.15) is 12.0 Å². The fourth-order valence-corrected chi connectivity index (χ4v) is 4.42. The number of hydrogen-bond donors (Lipinski definition) is 2. The van der Waals surface area contributed by atoms with Crippen LogP contribution in [0.4, 0.5) is 10.2 Å². The molecule has 3 N–H and O–H groups in total. The summed E-state index contributed by atoms with van der Waals surface area (Å²) in [5.41, 5.74) is 6.63. The Bertz CT molecular complexity index is 1160. The van der Waals surface area contributed by atoms with Gasteiger partial charge in [0.25, 0.3) is 0 Å². The number of sulfonamides is 1. The third kappa shape index (κ3) is 3.80. The lowest BCUT2D eigenvalue weighted by atomic mass is 9.97. The van der Waals surface area contributed by atoms with E-state index in [-0.39, 0.29) is 43.3 Å². The van der Waals surface area contributed by atoms with Crippen LogP contribution in [0.1, 0.15) is 18.4 Å². The van der Waals surface area contributed by atoms with Crippen molar-refractivity contribution in [3.63, 3.8) is 0 Å². The fraction of sp³-hybridized carbons (Fsp3) is 0.389. The second-order valence-electron chi connectivity index (χ2n) is 7.09. The normalized spacial score (nSPS) is 16.9. The highest BCUT2D eigenvalue weighted by atomic mass is 32.2. The van der Waals surface area contributed by atoms with Gasteiger partial charge in [-0.1, -0.05) is 6.07 Å². The molecule has 1 aliphatic heterocycles. The summed E-state index contributed by atoms with van der Waals surface area (Å²) in [6, 6.07) is 4.70. The first-order chi connectivity index (χ1) is 13.8. The number of aromatic nitrogens is 4. The predicted molar refractivity (Wildman–Crippen MR) is 104 cm³/mol. The van der Waals surface area contributed by atoms with Crippen LogP contribution in [0.15, 0.2) is 35.6 Å². The van der Waals surface area contributed by atoms with Crippen molar-refractivity contribution in [1.82, 2.24) is 24.3 Å². The minimum absolute atomic E-state index is 0.0331. The Morgan fingerprint density at radius 1 is 1.31 bits per heavy atom. The monoisotopic (exact) mass is 420 g/mol. The second kappa shape index (κ2) is 7.32. The van der Waals surface area contributed by atoms with Crippen LogP contribution in [0.25, 0.3) is 16.9 Å². The number of benzene rings is 1. The number of halogens is 1. The van der Waals surface area contributed by atoms with Gasteiger partial charge >= 0.3 is 0 Å². The van der Waals surface area contributed by atoms with E-state index in [1.165, 1.54) is 23.0 Å². The summed E-state index contributed by atoms with van der Waals surface area (Å²) in [7, 11) is -3.91.